The number of hydrogen-bond donors (Lipinski definition) is 0. The van der Waals surface area contributed by atoms with Gasteiger partial charge >= 0.3 is 5.97 Å². The topological polar surface area (TPSA) is 43.4 Å². The Hall–Kier alpha value is -1.19. The van der Waals surface area contributed by atoms with E-state index >= 15 is 0 Å². The van der Waals surface area contributed by atoms with Crippen LogP contribution in [0.5, 0.6) is 0 Å². The van der Waals surface area contributed by atoms with Crippen LogP contribution in [0.3, 0.4) is 0 Å². The van der Waals surface area contributed by atoms with Gasteiger partial charge in [-0.05, 0) is 20.8 Å². The van der Waals surface area contributed by atoms with Crippen LogP contribution >= 0.6 is 0 Å². The second-order valence-electron chi connectivity index (χ2n) is 2.51. The minimum Gasteiger partial charge on any atom is -0.463 e. The third-order valence-corrected chi connectivity index (χ3v) is 1.59. The second kappa shape index (κ2) is 5.45. The molecule has 0 amide bonds. The molecule has 0 heterocycles. The SMILES string of the molecule is CCOC(=O)/C(C)=C(\CF)C(C)=O. The smallest absolute Gasteiger partial charge is 0.334 e. The summed E-state index contributed by atoms with van der Waals surface area (Å²) in [5.41, 5.74) is -0.0599. The molecular formula is C9H13FO3. The third-order valence-electron chi connectivity index (χ3n) is 1.59. The second-order valence-corrected chi connectivity index (χ2v) is 2.51. The van der Waals surface area contributed by atoms with Crippen molar-refractivity contribution in [2.24, 2.45) is 0 Å². The predicted molar refractivity (Wildman–Crippen MR) is 46.0 cm³/mol. The highest BCUT2D eigenvalue weighted by Gasteiger charge is 2.14. The zero-order valence-corrected chi connectivity index (χ0v) is 8.02. The lowest BCUT2D eigenvalue weighted by Gasteiger charge is -2.04. The number of allylic oxidation sites excluding steroid dienone is 1. The fourth-order valence-electron chi connectivity index (χ4n) is 0.821. The Morgan fingerprint density at radius 3 is 2.15 bits per heavy atom. The van der Waals surface area contributed by atoms with E-state index in [9.17, 15) is 14.0 Å². The van der Waals surface area contributed by atoms with Crippen molar-refractivity contribution >= 4 is 11.8 Å². The van der Waals surface area contributed by atoms with Crippen LogP contribution in [0.1, 0.15) is 20.8 Å². The van der Waals surface area contributed by atoms with Gasteiger partial charge in [0.25, 0.3) is 0 Å². The molecule has 0 radical (unpaired) electrons. The van der Waals surface area contributed by atoms with Crippen molar-refractivity contribution in [1.29, 1.82) is 0 Å². The molecule has 0 unspecified atom stereocenters. The molecule has 4 heteroatoms. The monoisotopic (exact) mass is 188 g/mol. The fourth-order valence-corrected chi connectivity index (χ4v) is 0.821. The molecule has 0 saturated carbocycles. The van der Waals surface area contributed by atoms with Crippen LogP contribution < -0.4 is 0 Å². The van der Waals surface area contributed by atoms with Crippen LogP contribution in [-0.4, -0.2) is 25.0 Å². The van der Waals surface area contributed by atoms with E-state index in [1.54, 1.807) is 6.92 Å². The minimum atomic E-state index is -0.931. The van der Waals surface area contributed by atoms with Crippen molar-refractivity contribution in [1.82, 2.24) is 0 Å². The van der Waals surface area contributed by atoms with Gasteiger partial charge < -0.3 is 4.74 Å². The highest BCUT2D eigenvalue weighted by molar-refractivity contribution is 6.02. The molecule has 0 atom stereocenters. The number of rotatable bonds is 4. The third kappa shape index (κ3) is 3.36. The summed E-state index contributed by atoms with van der Waals surface area (Å²) in [6.45, 7) is 3.54. The maximum atomic E-state index is 12.3. The van der Waals surface area contributed by atoms with Crippen molar-refractivity contribution < 1.29 is 18.7 Å². The van der Waals surface area contributed by atoms with Crippen molar-refractivity contribution in [3.8, 4) is 0 Å². The minimum absolute atomic E-state index is 0.0526. The Labute approximate surface area is 76.6 Å². The first-order valence-electron chi connectivity index (χ1n) is 3.98. The van der Waals surface area contributed by atoms with E-state index in [4.69, 9.17) is 0 Å². The number of carbonyl (C=O) groups is 2. The Bertz CT molecular complexity index is 243. The number of ketones is 1. The number of esters is 1. The first-order valence-corrected chi connectivity index (χ1v) is 3.98. The molecule has 0 aromatic carbocycles. The van der Waals surface area contributed by atoms with Gasteiger partial charge in [-0.15, -0.1) is 0 Å². The molecule has 0 spiro atoms. The number of carbonyl (C=O) groups excluding carboxylic acids is 2. The summed E-state index contributed by atoms with van der Waals surface area (Å²) in [6.07, 6.45) is 0. The largest absolute Gasteiger partial charge is 0.463 e. The summed E-state index contributed by atoms with van der Waals surface area (Å²) in [5, 5.41) is 0. The van der Waals surface area contributed by atoms with Gasteiger partial charge in [-0.1, -0.05) is 0 Å². The lowest BCUT2D eigenvalue weighted by molar-refractivity contribution is -0.138. The zero-order chi connectivity index (χ0) is 10.4. The van der Waals surface area contributed by atoms with E-state index in [2.05, 4.69) is 4.74 Å². The zero-order valence-electron chi connectivity index (χ0n) is 8.02. The molecule has 3 nitrogen and oxygen atoms in total. The molecule has 0 aromatic heterocycles. The van der Waals surface area contributed by atoms with Gasteiger partial charge in [0.15, 0.2) is 5.78 Å². The van der Waals surface area contributed by atoms with E-state index in [-0.39, 0.29) is 17.8 Å². The van der Waals surface area contributed by atoms with E-state index in [1.165, 1.54) is 13.8 Å². The highest BCUT2D eigenvalue weighted by Crippen LogP contribution is 2.08. The maximum absolute atomic E-state index is 12.3. The average Bonchev–Trinajstić information content (AvgIpc) is 2.05. The summed E-state index contributed by atoms with van der Waals surface area (Å²) < 4.78 is 16.9. The summed E-state index contributed by atoms with van der Waals surface area (Å²) in [6, 6.07) is 0. The predicted octanol–water partition coefficient (Wildman–Crippen LogP) is 1.42. The van der Waals surface area contributed by atoms with E-state index in [1.807, 2.05) is 0 Å². The van der Waals surface area contributed by atoms with Crippen molar-refractivity contribution in [3.05, 3.63) is 11.1 Å². The van der Waals surface area contributed by atoms with Gasteiger partial charge in [0, 0.05) is 11.1 Å². The molecule has 0 aliphatic heterocycles. The van der Waals surface area contributed by atoms with Crippen LogP contribution in [0, 0.1) is 0 Å². The van der Waals surface area contributed by atoms with E-state index in [0.717, 1.165) is 0 Å². The van der Waals surface area contributed by atoms with Gasteiger partial charge in [-0.25, -0.2) is 9.18 Å². The molecular weight excluding hydrogens is 175 g/mol. The van der Waals surface area contributed by atoms with Gasteiger partial charge in [-0.3, -0.25) is 4.79 Å². The summed E-state index contributed by atoms with van der Waals surface area (Å²) in [4.78, 5) is 21.9. The average molecular weight is 188 g/mol. The summed E-state index contributed by atoms with van der Waals surface area (Å²) >= 11 is 0. The maximum Gasteiger partial charge on any atom is 0.334 e. The lowest BCUT2D eigenvalue weighted by atomic mass is 10.1. The highest BCUT2D eigenvalue weighted by atomic mass is 19.1. The molecule has 0 aliphatic rings. The molecule has 0 aliphatic carbocycles. The molecule has 0 rings (SSSR count). The quantitative estimate of drug-likeness (QED) is 0.495. The van der Waals surface area contributed by atoms with Crippen LogP contribution in [0.4, 0.5) is 4.39 Å². The van der Waals surface area contributed by atoms with Crippen LogP contribution in [0.25, 0.3) is 0 Å². The van der Waals surface area contributed by atoms with Crippen molar-refractivity contribution in [2.45, 2.75) is 20.8 Å². The van der Waals surface area contributed by atoms with Crippen LogP contribution in [0.2, 0.25) is 0 Å². The van der Waals surface area contributed by atoms with Gasteiger partial charge in [-0.2, -0.15) is 0 Å². The number of ether oxygens (including phenoxy) is 1. The number of hydrogen-bond acceptors (Lipinski definition) is 3. The lowest BCUT2D eigenvalue weighted by Crippen LogP contribution is -2.12. The Balaban J connectivity index is 4.74. The summed E-state index contributed by atoms with van der Waals surface area (Å²) in [5.74, 6) is -1.07. The normalized spacial score (nSPS) is 12.0. The van der Waals surface area contributed by atoms with Gasteiger partial charge in [0.05, 0.1) is 6.61 Å². The van der Waals surface area contributed by atoms with Crippen molar-refractivity contribution in [3.63, 3.8) is 0 Å². The first-order chi connectivity index (χ1) is 6.04. The molecule has 74 valence electrons. The Morgan fingerprint density at radius 1 is 1.31 bits per heavy atom. The molecule has 13 heavy (non-hydrogen) atoms. The van der Waals surface area contributed by atoms with Crippen LogP contribution in [0.15, 0.2) is 11.1 Å². The standard InChI is InChI=1S/C9H13FO3/c1-4-13-9(12)6(2)8(5-10)7(3)11/h4-5H2,1-3H3/b8-6+. The molecule has 0 N–H and O–H groups in total. The summed E-state index contributed by atoms with van der Waals surface area (Å²) in [7, 11) is 0. The number of alkyl halides is 1. The van der Waals surface area contributed by atoms with E-state index in [0.29, 0.717) is 0 Å². The Kier molecular flexibility index (Phi) is 4.96. The van der Waals surface area contributed by atoms with Crippen LogP contribution in [-0.2, 0) is 14.3 Å². The van der Waals surface area contributed by atoms with Gasteiger partial charge in [0.1, 0.15) is 6.67 Å². The van der Waals surface area contributed by atoms with Crippen molar-refractivity contribution in [2.75, 3.05) is 13.3 Å². The van der Waals surface area contributed by atoms with E-state index < -0.39 is 18.4 Å². The van der Waals surface area contributed by atoms with Gasteiger partial charge in [0.2, 0.25) is 0 Å². The first kappa shape index (κ1) is 11.8. The fraction of sp³-hybridized carbons (Fsp3) is 0.556. The molecule has 0 saturated heterocycles. The molecule has 0 bridgehead atoms. The molecule has 0 aromatic rings. The number of Topliss-reactive ketones (excluding diaryl/α,β-unsaturated/α-hetero) is 1. The molecule has 0 fully saturated rings. The number of halogens is 1. The Morgan fingerprint density at radius 2 is 1.85 bits per heavy atom.